The smallest absolute Gasteiger partial charge is 0.179 e. The quantitative estimate of drug-likeness (QED) is 0.746. The van der Waals surface area contributed by atoms with Gasteiger partial charge in [-0.15, -0.1) is 0 Å². The molecule has 0 bridgehead atoms. The molecule has 0 saturated carbocycles. The van der Waals surface area contributed by atoms with Crippen LogP contribution in [0.15, 0.2) is 18.2 Å². The SMILES string of the molecule is CCN(CC(C)C#N)C(C)C(=O)c1ccc(C)c(C)c1. The second-order valence-corrected chi connectivity index (χ2v) is 5.46. The normalized spacial score (nSPS) is 13.8. The van der Waals surface area contributed by atoms with Gasteiger partial charge in [-0.25, -0.2) is 0 Å². The van der Waals surface area contributed by atoms with Gasteiger partial charge >= 0.3 is 0 Å². The Hall–Kier alpha value is -1.66. The van der Waals surface area contributed by atoms with Gasteiger partial charge in [-0.1, -0.05) is 19.1 Å². The molecule has 0 heterocycles. The predicted molar refractivity (Wildman–Crippen MR) is 81.7 cm³/mol. The Kier molecular flexibility index (Phi) is 5.91. The van der Waals surface area contributed by atoms with Crippen molar-refractivity contribution < 1.29 is 4.79 Å². The van der Waals surface area contributed by atoms with Gasteiger partial charge in [-0.05, 0) is 51.4 Å². The molecule has 1 rings (SSSR count). The van der Waals surface area contributed by atoms with E-state index in [2.05, 4.69) is 11.0 Å². The van der Waals surface area contributed by atoms with Crippen molar-refractivity contribution >= 4 is 5.78 Å². The summed E-state index contributed by atoms with van der Waals surface area (Å²) in [7, 11) is 0. The van der Waals surface area contributed by atoms with Gasteiger partial charge < -0.3 is 0 Å². The second-order valence-electron chi connectivity index (χ2n) is 5.46. The van der Waals surface area contributed by atoms with Gasteiger partial charge in [0.25, 0.3) is 0 Å². The van der Waals surface area contributed by atoms with E-state index in [1.54, 1.807) is 0 Å². The second kappa shape index (κ2) is 7.21. The number of Topliss-reactive ketones (excluding diaryl/α,β-unsaturated/α-hetero) is 1. The third kappa shape index (κ3) is 3.91. The van der Waals surface area contributed by atoms with Gasteiger partial charge in [0.1, 0.15) is 0 Å². The van der Waals surface area contributed by atoms with Crippen LogP contribution in [0.25, 0.3) is 0 Å². The Morgan fingerprint density at radius 3 is 2.45 bits per heavy atom. The molecule has 0 aliphatic heterocycles. The van der Waals surface area contributed by atoms with E-state index < -0.39 is 0 Å². The molecule has 3 heteroatoms. The standard InChI is InChI=1S/C17H24N2O/c1-6-19(11-12(2)10-18)15(5)17(20)16-8-7-13(3)14(4)9-16/h7-9,12,15H,6,11H2,1-5H3. The molecule has 0 N–H and O–H groups in total. The van der Waals surface area contributed by atoms with Crippen molar-refractivity contribution in [3.05, 3.63) is 34.9 Å². The van der Waals surface area contributed by atoms with Crippen LogP contribution in [0, 0.1) is 31.1 Å². The summed E-state index contributed by atoms with van der Waals surface area (Å²) in [4.78, 5) is 14.6. The highest BCUT2D eigenvalue weighted by molar-refractivity contribution is 6.00. The van der Waals surface area contributed by atoms with Crippen molar-refractivity contribution in [1.82, 2.24) is 4.90 Å². The van der Waals surface area contributed by atoms with Crippen LogP contribution < -0.4 is 0 Å². The van der Waals surface area contributed by atoms with E-state index in [4.69, 9.17) is 5.26 Å². The van der Waals surface area contributed by atoms with Crippen LogP contribution in [0.1, 0.15) is 42.3 Å². The van der Waals surface area contributed by atoms with Crippen molar-refractivity contribution in [3.63, 3.8) is 0 Å². The number of carbonyl (C=O) groups is 1. The molecule has 1 aromatic carbocycles. The highest BCUT2D eigenvalue weighted by Crippen LogP contribution is 2.15. The lowest BCUT2D eigenvalue weighted by atomic mass is 9.99. The number of nitrogens with zero attached hydrogens (tertiary/aromatic N) is 2. The minimum atomic E-state index is -0.196. The van der Waals surface area contributed by atoms with Crippen LogP contribution in [0.3, 0.4) is 0 Å². The molecule has 0 radical (unpaired) electrons. The molecule has 108 valence electrons. The molecule has 2 unspecified atom stereocenters. The summed E-state index contributed by atoms with van der Waals surface area (Å²) < 4.78 is 0. The van der Waals surface area contributed by atoms with Gasteiger partial charge in [0.15, 0.2) is 5.78 Å². The first-order valence-corrected chi connectivity index (χ1v) is 7.15. The van der Waals surface area contributed by atoms with Crippen LogP contribution >= 0.6 is 0 Å². The number of benzene rings is 1. The molecule has 0 amide bonds. The maximum absolute atomic E-state index is 12.6. The molecule has 0 fully saturated rings. The maximum Gasteiger partial charge on any atom is 0.179 e. The summed E-state index contributed by atoms with van der Waals surface area (Å²) in [5.74, 6) is 0.0602. The van der Waals surface area contributed by atoms with Crippen LogP contribution in [0.4, 0.5) is 0 Å². The summed E-state index contributed by atoms with van der Waals surface area (Å²) in [5, 5.41) is 8.92. The Labute approximate surface area is 122 Å². The number of aryl methyl sites for hydroxylation is 2. The summed E-state index contributed by atoms with van der Waals surface area (Å²) in [5.41, 5.74) is 3.08. The van der Waals surface area contributed by atoms with Gasteiger partial charge in [-0.3, -0.25) is 9.69 Å². The first-order chi connectivity index (χ1) is 9.40. The van der Waals surface area contributed by atoms with Crippen molar-refractivity contribution in [2.24, 2.45) is 5.92 Å². The molecular weight excluding hydrogens is 248 g/mol. The Bertz CT molecular complexity index is 516. The number of hydrogen-bond acceptors (Lipinski definition) is 3. The lowest BCUT2D eigenvalue weighted by molar-refractivity contribution is 0.0835. The van der Waals surface area contributed by atoms with Crippen LogP contribution in [-0.4, -0.2) is 29.8 Å². The number of rotatable bonds is 6. The minimum absolute atomic E-state index is 0.0649. The molecule has 2 atom stereocenters. The average molecular weight is 272 g/mol. The van der Waals surface area contributed by atoms with E-state index in [9.17, 15) is 4.79 Å². The number of hydrogen-bond donors (Lipinski definition) is 0. The highest BCUT2D eigenvalue weighted by Gasteiger charge is 2.22. The molecule has 20 heavy (non-hydrogen) atoms. The lowest BCUT2D eigenvalue weighted by Crippen LogP contribution is -2.41. The van der Waals surface area contributed by atoms with Gasteiger partial charge in [0.2, 0.25) is 0 Å². The van der Waals surface area contributed by atoms with Crippen molar-refractivity contribution in [2.75, 3.05) is 13.1 Å². The highest BCUT2D eigenvalue weighted by atomic mass is 16.1. The zero-order valence-corrected chi connectivity index (χ0v) is 13.1. The fourth-order valence-electron chi connectivity index (χ4n) is 2.26. The number of likely N-dealkylation sites (N-methyl/N-ethyl adjacent to an activating group) is 1. The molecule has 0 aliphatic carbocycles. The van der Waals surface area contributed by atoms with Crippen molar-refractivity contribution in [2.45, 2.75) is 40.7 Å². The fourth-order valence-corrected chi connectivity index (χ4v) is 2.26. The van der Waals surface area contributed by atoms with E-state index in [1.807, 2.05) is 52.8 Å². The molecule has 0 aliphatic rings. The maximum atomic E-state index is 12.6. The first kappa shape index (κ1) is 16.4. The van der Waals surface area contributed by atoms with E-state index in [-0.39, 0.29) is 17.7 Å². The molecule has 0 saturated heterocycles. The van der Waals surface area contributed by atoms with E-state index >= 15 is 0 Å². The zero-order valence-electron chi connectivity index (χ0n) is 13.1. The number of nitriles is 1. The van der Waals surface area contributed by atoms with Gasteiger partial charge in [0, 0.05) is 12.1 Å². The summed E-state index contributed by atoms with van der Waals surface area (Å²) >= 11 is 0. The molecule has 0 aromatic heterocycles. The Morgan fingerprint density at radius 1 is 1.30 bits per heavy atom. The Morgan fingerprint density at radius 2 is 1.95 bits per heavy atom. The zero-order chi connectivity index (χ0) is 15.3. The van der Waals surface area contributed by atoms with Gasteiger partial charge in [-0.2, -0.15) is 5.26 Å². The molecule has 0 spiro atoms. The van der Waals surface area contributed by atoms with Gasteiger partial charge in [0.05, 0.1) is 18.0 Å². The number of ketones is 1. The molecular formula is C17H24N2O. The largest absolute Gasteiger partial charge is 0.292 e. The Balaban J connectivity index is 2.88. The average Bonchev–Trinajstić information content (AvgIpc) is 2.45. The lowest BCUT2D eigenvalue weighted by Gasteiger charge is -2.27. The summed E-state index contributed by atoms with van der Waals surface area (Å²) in [6.07, 6.45) is 0. The number of carbonyl (C=O) groups excluding carboxylic acids is 1. The van der Waals surface area contributed by atoms with E-state index in [1.165, 1.54) is 5.56 Å². The fraction of sp³-hybridized carbons (Fsp3) is 0.529. The predicted octanol–water partition coefficient (Wildman–Crippen LogP) is 3.36. The van der Waals surface area contributed by atoms with Crippen LogP contribution in [0.5, 0.6) is 0 Å². The van der Waals surface area contributed by atoms with Crippen LogP contribution in [0.2, 0.25) is 0 Å². The third-order valence-corrected chi connectivity index (χ3v) is 3.85. The first-order valence-electron chi connectivity index (χ1n) is 7.15. The van der Waals surface area contributed by atoms with Crippen molar-refractivity contribution in [1.29, 1.82) is 5.26 Å². The monoisotopic (exact) mass is 272 g/mol. The third-order valence-electron chi connectivity index (χ3n) is 3.85. The molecule has 3 nitrogen and oxygen atoms in total. The van der Waals surface area contributed by atoms with Crippen molar-refractivity contribution in [3.8, 4) is 6.07 Å². The summed E-state index contributed by atoms with van der Waals surface area (Å²) in [6, 6.07) is 7.87. The summed E-state index contributed by atoms with van der Waals surface area (Å²) in [6.45, 7) is 11.3. The topological polar surface area (TPSA) is 44.1 Å². The van der Waals surface area contributed by atoms with E-state index in [0.29, 0.717) is 6.54 Å². The minimum Gasteiger partial charge on any atom is -0.292 e. The van der Waals surface area contributed by atoms with E-state index in [0.717, 1.165) is 17.7 Å². The molecule has 1 aromatic rings. The van der Waals surface area contributed by atoms with Crippen LogP contribution in [-0.2, 0) is 0 Å².